The Morgan fingerprint density at radius 1 is 1.02 bits per heavy atom. The third kappa shape index (κ3) is 5.98. The molecule has 0 bridgehead atoms. The number of hydrogen-bond donors (Lipinski definition) is 1. The molecule has 0 saturated heterocycles. The lowest BCUT2D eigenvalue weighted by molar-refractivity contribution is -0.107. The van der Waals surface area contributed by atoms with Crippen LogP contribution in [0.5, 0.6) is 5.75 Å². The van der Waals surface area contributed by atoms with Crippen molar-refractivity contribution in [1.29, 1.82) is 0 Å². The summed E-state index contributed by atoms with van der Waals surface area (Å²) in [4.78, 5) is 40.8. The summed E-state index contributed by atoms with van der Waals surface area (Å²) >= 11 is 13.5. The number of anilines is 1. The Bertz CT molecular complexity index is 2480. The zero-order valence-corrected chi connectivity index (χ0v) is 32.3. The number of hydrogen-bond acceptors (Lipinski definition) is 5. The molecule has 4 heterocycles. The van der Waals surface area contributed by atoms with Gasteiger partial charge < -0.3 is 28.7 Å². The third-order valence-corrected chi connectivity index (χ3v) is 11.5. The number of carbonyl (C=O) groups is 3. The molecule has 0 fully saturated rings. The van der Waals surface area contributed by atoms with Gasteiger partial charge in [0.05, 0.1) is 34.0 Å². The molecule has 274 valence electrons. The largest absolute Gasteiger partial charge is 0.494 e. The van der Waals surface area contributed by atoms with E-state index in [1.54, 1.807) is 22.6 Å². The van der Waals surface area contributed by atoms with Gasteiger partial charge in [0.1, 0.15) is 23.4 Å². The number of aromatic carboxylic acids is 1. The van der Waals surface area contributed by atoms with Gasteiger partial charge >= 0.3 is 5.97 Å². The fourth-order valence-electron chi connectivity index (χ4n) is 8.10. The average molecular weight is 755 g/mol. The van der Waals surface area contributed by atoms with Gasteiger partial charge in [-0.05, 0) is 106 Å². The van der Waals surface area contributed by atoms with Crippen LogP contribution in [0.25, 0.3) is 32.9 Å². The number of halogens is 2. The summed E-state index contributed by atoms with van der Waals surface area (Å²) in [5.41, 5.74) is 9.69. The lowest BCUT2D eigenvalue weighted by Gasteiger charge is -2.35. The van der Waals surface area contributed by atoms with Crippen LogP contribution in [-0.4, -0.2) is 55.3 Å². The molecule has 53 heavy (non-hydrogen) atoms. The van der Waals surface area contributed by atoms with Gasteiger partial charge in [0, 0.05) is 65.7 Å². The molecular formula is C41H41Cl2N5O5. The van der Waals surface area contributed by atoms with Crippen molar-refractivity contribution in [2.75, 3.05) is 18.1 Å². The maximum Gasteiger partial charge on any atom is 0.352 e. The second-order valence-corrected chi connectivity index (χ2v) is 14.9. The van der Waals surface area contributed by atoms with E-state index in [2.05, 4.69) is 11.5 Å². The van der Waals surface area contributed by atoms with E-state index in [0.29, 0.717) is 58.9 Å². The van der Waals surface area contributed by atoms with Crippen molar-refractivity contribution in [3.8, 4) is 16.9 Å². The number of aromatic nitrogens is 4. The number of amides is 1. The smallest absolute Gasteiger partial charge is 0.352 e. The molecule has 0 radical (unpaired) electrons. The van der Waals surface area contributed by atoms with E-state index < -0.39 is 5.97 Å². The van der Waals surface area contributed by atoms with Crippen LogP contribution in [0.3, 0.4) is 0 Å². The predicted octanol–water partition coefficient (Wildman–Crippen LogP) is 8.75. The summed E-state index contributed by atoms with van der Waals surface area (Å²) in [5, 5.41) is 17.5. The van der Waals surface area contributed by atoms with Crippen molar-refractivity contribution < 1.29 is 24.2 Å². The monoisotopic (exact) mass is 753 g/mol. The molecule has 3 aromatic carbocycles. The summed E-state index contributed by atoms with van der Waals surface area (Å²) in [5.74, 6) is -0.560. The van der Waals surface area contributed by atoms with Gasteiger partial charge in [-0.2, -0.15) is 5.10 Å². The number of carboxylic acid groups (broad SMARTS) is 1. The first-order chi connectivity index (χ1) is 25.2. The van der Waals surface area contributed by atoms with Crippen LogP contribution in [0.4, 0.5) is 5.69 Å². The van der Waals surface area contributed by atoms with Gasteiger partial charge in [0.25, 0.3) is 5.91 Å². The highest BCUT2D eigenvalue weighted by molar-refractivity contribution is 6.35. The summed E-state index contributed by atoms with van der Waals surface area (Å²) in [6, 6.07) is 12.8. The zero-order chi connectivity index (χ0) is 38.0. The first kappa shape index (κ1) is 36.3. The van der Waals surface area contributed by atoms with Crippen LogP contribution in [0.15, 0.2) is 42.5 Å². The van der Waals surface area contributed by atoms with E-state index in [9.17, 15) is 14.7 Å². The highest BCUT2D eigenvalue weighted by Gasteiger charge is 2.38. The number of benzene rings is 3. The molecule has 12 heteroatoms. The van der Waals surface area contributed by atoms with Crippen LogP contribution in [0.2, 0.25) is 10.0 Å². The minimum absolute atomic E-state index is 0.0874. The van der Waals surface area contributed by atoms with E-state index in [-0.39, 0.29) is 24.1 Å². The maximum atomic E-state index is 15.2. The summed E-state index contributed by atoms with van der Waals surface area (Å²) in [6.07, 6.45) is 2.10. The highest BCUT2D eigenvalue weighted by Crippen LogP contribution is 2.46. The number of fused-ring (bicyclic) bond motifs is 4. The molecule has 0 saturated carbocycles. The summed E-state index contributed by atoms with van der Waals surface area (Å²) < 4.78 is 11.8. The molecular weight excluding hydrogens is 713 g/mol. The second-order valence-electron chi connectivity index (χ2n) is 14.1. The number of carboxylic acids is 1. The van der Waals surface area contributed by atoms with Gasteiger partial charge in [0.2, 0.25) is 0 Å². The minimum atomic E-state index is -1.08. The molecule has 0 aliphatic carbocycles. The van der Waals surface area contributed by atoms with E-state index in [1.165, 1.54) is 0 Å². The maximum absolute atomic E-state index is 15.2. The van der Waals surface area contributed by atoms with Crippen molar-refractivity contribution >= 4 is 68.9 Å². The molecule has 6 aromatic rings. The highest BCUT2D eigenvalue weighted by atomic mass is 35.5. The van der Waals surface area contributed by atoms with Crippen LogP contribution < -0.4 is 9.64 Å². The Kier molecular flexibility index (Phi) is 9.41. The number of rotatable bonds is 10. The molecule has 0 spiro atoms. The quantitative estimate of drug-likeness (QED) is 0.111. The molecule has 1 N–H and O–H groups in total. The fourth-order valence-corrected chi connectivity index (χ4v) is 8.46. The Morgan fingerprint density at radius 2 is 1.74 bits per heavy atom. The number of carbonyl (C=O) groups excluding carboxylic acids is 2. The normalized spacial score (nSPS) is 14.4. The molecule has 7 rings (SSSR count). The molecule has 1 aliphatic rings. The number of ether oxygens (including phenoxy) is 1. The molecule has 0 unspecified atom stereocenters. The SMILES string of the molecule is Cc1cc(OCCCc2c3n(c4c(-c5c(C)nn(C)c5C)c(Cl)ccc24)[C@H](C)CN(c2cc(CC=O)cc4cc(C(=O)O)n(C)c24)C3=O)cc(C)c1Cl. The van der Waals surface area contributed by atoms with Gasteiger partial charge in [-0.25, -0.2) is 4.79 Å². The van der Waals surface area contributed by atoms with Crippen LogP contribution in [-0.2, 0) is 31.7 Å². The number of nitrogens with zero attached hydrogens (tertiary/aromatic N) is 5. The van der Waals surface area contributed by atoms with Crippen molar-refractivity contribution in [3.05, 3.63) is 97.5 Å². The Labute approximate surface area is 317 Å². The molecule has 1 amide bonds. The molecule has 10 nitrogen and oxygen atoms in total. The standard InChI is InChI=1S/C41H41Cl2N5O5/c1-21-15-28(16-22(2)36(21)43)53-14-8-9-29-30-10-11-31(42)35(34-24(4)44-46(7)25(34)5)38(30)48-23(3)20-47(40(50)39(29)48)32-18-26(12-13-49)17-27-19-33(41(51)52)45(6)37(27)32/h10-11,13,15-19,23H,8-9,12,14,20H2,1-7H3,(H,51,52)/t23-/m1/s1. The van der Waals surface area contributed by atoms with Crippen molar-refractivity contribution in [1.82, 2.24) is 18.9 Å². The summed E-state index contributed by atoms with van der Waals surface area (Å²) in [7, 11) is 3.59. The van der Waals surface area contributed by atoms with Crippen LogP contribution in [0.1, 0.15) is 74.0 Å². The Balaban J connectivity index is 1.41. The van der Waals surface area contributed by atoms with Gasteiger partial charge in [-0.1, -0.05) is 29.3 Å². The van der Waals surface area contributed by atoms with E-state index in [0.717, 1.165) is 67.2 Å². The minimum Gasteiger partial charge on any atom is -0.494 e. The van der Waals surface area contributed by atoms with Gasteiger partial charge in [-0.15, -0.1) is 0 Å². The van der Waals surface area contributed by atoms with Gasteiger partial charge in [-0.3, -0.25) is 9.48 Å². The first-order valence-corrected chi connectivity index (χ1v) is 18.4. The molecule has 3 aromatic heterocycles. The Morgan fingerprint density at radius 3 is 2.38 bits per heavy atom. The van der Waals surface area contributed by atoms with Crippen LogP contribution >= 0.6 is 23.2 Å². The van der Waals surface area contributed by atoms with Crippen molar-refractivity contribution in [2.45, 2.75) is 59.9 Å². The van der Waals surface area contributed by atoms with Crippen LogP contribution in [0, 0.1) is 27.7 Å². The molecule has 1 aliphatic heterocycles. The number of aldehydes is 1. The number of aryl methyl sites for hydroxylation is 6. The predicted molar refractivity (Wildman–Crippen MR) is 209 cm³/mol. The van der Waals surface area contributed by atoms with Crippen molar-refractivity contribution in [2.24, 2.45) is 14.1 Å². The molecule has 1 atom stereocenters. The lowest BCUT2D eigenvalue weighted by Crippen LogP contribution is -2.43. The summed E-state index contributed by atoms with van der Waals surface area (Å²) in [6.45, 7) is 10.7. The van der Waals surface area contributed by atoms with Gasteiger partial charge in [0.15, 0.2) is 0 Å². The third-order valence-electron chi connectivity index (χ3n) is 10.6. The van der Waals surface area contributed by atoms with E-state index in [4.69, 9.17) is 33.0 Å². The lowest BCUT2D eigenvalue weighted by atomic mass is 9.98. The Hall–Kier alpha value is -5.06. The average Bonchev–Trinajstić information content (AvgIpc) is 3.71. The van der Waals surface area contributed by atoms with E-state index in [1.807, 2.05) is 75.8 Å². The van der Waals surface area contributed by atoms with Crippen molar-refractivity contribution in [3.63, 3.8) is 0 Å². The fraction of sp³-hybridized carbons (Fsp3) is 0.317. The zero-order valence-electron chi connectivity index (χ0n) is 30.8. The topological polar surface area (TPSA) is 112 Å². The van der Waals surface area contributed by atoms with E-state index >= 15 is 4.79 Å². The first-order valence-electron chi connectivity index (χ1n) is 17.6. The second kappa shape index (κ2) is 13.7.